The number of aromatic hydroxyl groups is 10. The Hall–Kier alpha value is -7.14. The van der Waals surface area contributed by atoms with Gasteiger partial charge in [0, 0.05) is 33.0 Å². The van der Waals surface area contributed by atoms with Crippen LogP contribution in [0, 0.1) is 0 Å². The highest BCUT2D eigenvalue weighted by Crippen LogP contribution is 2.59. The van der Waals surface area contributed by atoms with Crippen molar-refractivity contribution >= 4 is 43.5 Å². The molecule has 49 heavy (non-hydrogen) atoms. The van der Waals surface area contributed by atoms with E-state index in [-0.39, 0.29) is 27.8 Å². The Morgan fingerprint density at radius 2 is 0.571 bits per heavy atom. The highest BCUT2D eigenvalue weighted by Gasteiger charge is 2.30. The van der Waals surface area contributed by atoms with Gasteiger partial charge in [-0.1, -0.05) is 84.9 Å². The molecule has 0 spiro atoms. The minimum Gasteiger partial charge on any atom is -0.504 e. The monoisotopic (exact) mass is 656 g/mol. The molecule has 0 unspecified atom stereocenters. The van der Waals surface area contributed by atoms with Gasteiger partial charge < -0.3 is 55.5 Å². The van der Waals surface area contributed by atoms with E-state index in [0.29, 0.717) is 49.0 Å². The number of fused-ring (bicyclic) bond motifs is 5. The van der Waals surface area contributed by atoms with Crippen molar-refractivity contribution in [3.63, 3.8) is 0 Å². The molecule has 1 heterocycles. The molecular weight excluding hydrogens is 632 g/mol. The standard InChI is InChI=1S/C38H24O11/c39-27-25(28(40)32(44)35(47)31(27)43)22-14-6-12-20-19-11-5-13-21(37(19)49-38(20)22)23-15-7-1-3-9-17(15)24(18-10-4-2-8-16(18)23)26-29(41)33(45)36(48)34(46)30(26)42/h1-14,39-48H. The fraction of sp³-hybridized carbons (Fsp3) is 0. The molecule has 7 aromatic carbocycles. The first-order valence-corrected chi connectivity index (χ1v) is 14.8. The number of phenols is 10. The number of furan rings is 1. The Kier molecular flexibility index (Phi) is 6.08. The maximum atomic E-state index is 11.0. The third-order valence-electron chi connectivity index (χ3n) is 8.99. The molecule has 0 atom stereocenters. The van der Waals surface area contributed by atoms with Gasteiger partial charge >= 0.3 is 0 Å². The molecule has 10 N–H and O–H groups in total. The quantitative estimate of drug-likeness (QED) is 0.0500. The zero-order chi connectivity index (χ0) is 34.5. The van der Waals surface area contributed by atoms with E-state index in [9.17, 15) is 51.1 Å². The second kappa shape index (κ2) is 10.2. The summed E-state index contributed by atoms with van der Waals surface area (Å²) in [5.74, 6) is -9.61. The molecule has 0 saturated heterocycles. The number of para-hydroxylation sites is 2. The van der Waals surface area contributed by atoms with Crippen LogP contribution in [0.3, 0.4) is 0 Å². The fourth-order valence-corrected chi connectivity index (χ4v) is 6.76. The molecule has 0 radical (unpaired) electrons. The lowest BCUT2D eigenvalue weighted by Crippen LogP contribution is -1.92. The summed E-state index contributed by atoms with van der Waals surface area (Å²) < 4.78 is 6.52. The molecule has 0 amide bonds. The van der Waals surface area contributed by atoms with E-state index in [1.807, 2.05) is 30.3 Å². The molecule has 8 rings (SSSR count). The van der Waals surface area contributed by atoms with Crippen LogP contribution in [0.1, 0.15) is 0 Å². The molecule has 0 bridgehead atoms. The summed E-state index contributed by atoms with van der Waals surface area (Å²) in [6.45, 7) is 0. The van der Waals surface area contributed by atoms with Crippen LogP contribution in [0.2, 0.25) is 0 Å². The zero-order valence-electron chi connectivity index (χ0n) is 25.0. The molecule has 11 nitrogen and oxygen atoms in total. The Morgan fingerprint density at radius 1 is 0.265 bits per heavy atom. The molecule has 8 aromatic rings. The average Bonchev–Trinajstić information content (AvgIpc) is 3.51. The van der Waals surface area contributed by atoms with Gasteiger partial charge in [0.15, 0.2) is 23.0 Å². The zero-order valence-corrected chi connectivity index (χ0v) is 25.0. The molecular formula is C38H24O11. The van der Waals surface area contributed by atoms with Gasteiger partial charge in [-0.25, -0.2) is 0 Å². The Bertz CT molecular complexity index is 2610. The van der Waals surface area contributed by atoms with Crippen molar-refractivity contribution in [2.75, 3.05) is 0 Å². The van der Waals surface area contributed by atoms with E-state index in [2.05, 4.69) is 0 Å². The highest BCUT2D eigenvalue weighted by atomic mass is 16.4. The van der Waals surface area contributed by atoms with Gasteiger partial charge in [0.2, 0.25) is 34.5 Å². The van der Waals surface area contributed by atoms with E-state index >= 15 is 0 Å². The van der Waals surface area contributed by atoms with Crippen LogP contribution in [-0.4, -0.2) is 51.1 Å². The lowest BCUT2D eigenvalue weighted by atomic mass is 9.85. The predicted octanol–water partition coefficient (Wildman–Crippen LogP) is 7.95. The number of rotatable bonds is 3. The van der Waals surface area contributed by atoms with E-state index in [4.69, 9.17) is 4.42 Å². The van der Waals surface area contributed by atoms with Gasteiger partial charge in [0.1, 0.15) is 11.2 Å². The van der Waals surface area contributed by atoms with E-state index < -0.39 is 57.5 Å². The fourth-order valence-electron chi connectivity index (χ4n) is 6.76. The molecule has 11 heteroatoms. The molecule has 242 valence electrons. The van der Waals surface area contributed by atoms with Crippen LogP contribution in [0.15, 0.2) is 89.3 Å². The lowest BCUT2D eigenvalue weighted by molar-refractivity contribution is 0.330. The summed E-state index contributed by atoms with van der Waals surface area (Å²) in [6.07, 6.45) is 0. The van der Waals surface area contributed by atoms with Crippen LogP contribution in [0.25, 0.3) is 76.9 Å². The van der Waals surface area contributed by atoms with Crippen LogP contribution in [0.5, 0.6) is 57.5 Å². The van der Waals surface area contributed by atoms with Gasteiger partial charge in [-0.2, -0.15) is 0 Å². The summed E-state index contributed by atoms with van der Waals surface area (Å²) in [4.78, 5) is 0. The minimum atomic E-state index is -1.08. The first-order valence-electron chi connectivity index (χ1n) is 14.8. The lowest BCUT2D eigenvalue weighted by Gasteiger charge is -2.20. The molecule has 0 aliphatic rings. The Labute approximate surface area is 274 Å². The topological polar surface area (TPSA) is 215 Å². The summed E-state index contributed by atoms with van der Waals surface area (Å²) in [7, 11) is 0. The third kappa shape index (κ3) is 3.83. The predicted molar refractivity (Wildman–Crippen MR) is 182 cm³/mol. The van der Waals surface area contributed by atoms with Crippen LogP contribution < -0.4 is 0 Å². The van der Waals surface area contributed by atoms with Gasteiger partial charge in [-0.05, 0) is 21.5 Å². The molecule has 0 aliphatic carbocycles. The van der Waals surface area contributed by atoms with Crippen molar-refractivity contribution in [3.8, 4) is 90.9 Å². The van der Waals surface area contributed by atoms with Crippen LogP contribution >= 0.6 is 0 Å². The summed E-state index contributed by atoms with van der Waals surface area (Å²) in [5, 5.41) is 108. The van der Waals surface area contributed by atoms with Crippen LogP contribution in [-0.2, 0) is 0 Å². The van der Waals surface area contributed by atoms with E-state index in [1.165, 1.54) is 6.07 Å². The normalized spacial score (nSPS) is 11.7. The van der Waals surface area contributed by atoms with Crippen molar-refractivity contribution in [1.82, 2.24) is 0 Å². The Morgan fingerprint density at radius 3 is 0.980 bits per heavy atom. The third-order valence-corrected chi connectivity index (χ3v) is 8.99. The second-order valence-electron chi connectivity index (χ2n) is 11.5. The average molecular weight is 657 g/mol. The second-order valence-corrected chi connectivity index (χ2v) is 11.5. The van der Waals surface area contributed by atoms with Gasteiger partial charge in [-0.3, -0.25) is 0 Å². The highest BCUT2D eigenvalue weighted by molar-refractivity contribution is 6.25. The number of phenolic OH excluding ortho intramolecular Hbond substituents is 10. The molecule has 1 aromatic heterocycles. The van der Waals surface area contributed by atoms with Crippen LogP contribution in [0.4, 0.5) is 0 Å². The van der Waals surface area contributed by atoms with Crippen molar-refractivity contribution in [2.45, 2.75) is 0 Å². The molecule has 0 saturated carbocycles. The Balaban J connectivity index is 1.50. The minimum absolute atomic E-state index is 0.114. The molecule has 0 aliphatic heterocycles. The number of benzene rings is 7. The van der Waals surface area contributed by atoms with E-state index in [1.54, 1.807) is 48.5 Å². The van der Waals surface area contributed by atoms with Gasteiger partial charge in [0.05, 0.1) is 11.1 Å². The first kappa shape index (κ1) is 29.3. The SMILES string of the molecule is Oc1c(O)c(O)c(-c2c3ccccc3c(-c3cccc4c3oc3c(-c5c(O)c(O)c(O)c(O)c5O)cccc34)c3ccccc23)c(O)c1O. The van der Waals surface area contributed by atoms with E-state index in [0.717, 1.165) is 0 Å². The number of hydrogen-bond acceptors (Lipinski definition) is 11. The van der Waals surface area contributed by atoms with Gasteiger partial charge in [0.25, 0.3) is 0 Å². The number of hydrogen-bond donors (Lipinski definition) is 10. The maximum absolute atomic E-state index is 11.0. The van der Waals surface area contributed by atoms with Crippen molar-refractivity contribution in [3.05, 3.63) is 84.9 Å². The van der Waals surface area contributed by atoms with Gasteiger partial charge in [-0.15, -0.1) is 0 Å². The first-order chi connectivity index (χ1) is 23.5. The summed E-state index contributed by atoms with van der Waals surface area (Å²) >= 11 is 0. The van der Waals surface area contributed by atoms with Crippen molar-refractivity contribution in [1.29, 1.82) is 0 Å². The smallest absolute Gasteiger partial charge is 0.208 e. The van der Waals surface area contributed by atoms with Crippen molar-refractivity contribution in [2.24, 2.45) is 0 Å². The summed E-state index contributed by atoms with van der Waals surface area (Å²) in [5.41, 5.74) is 1.60. The van der Waals surface area contributed by atoms with Crippen molar-refractivity contribution < 1.29 is 55.5 Å². The largest absolute Gasteiger partial charge is 0.504 e. The summed E-state index contributed by atoms with van der Waals surface area (Å²) in [6, 6.07) is 24.6. The molecule has 0 fully saturated rings. The maximum Gasteiger partial charge on any atom is 0.208 e.